The Labute approximate surface area is 449 Å². The van der Waals surface area contributed by atoms with Crippen LogP contribution >= 0.6 is 11.6 Å². The zero-order valence-electron chi connectivity index (χ0n) is 43.7. The summed E-state index contributed by atoms with van der Waals surface area (Å²) in [4.78, 5) is 85.0. The van der Waals surface area contributed by atoms with Crippen LogP contribution in [0.5, 0.6) is 11.5 Å². The summed E-state index contributed by atoms with van der Waals surface area (Å²) in [5.41, 5.74) is 8.86. The molecule has 2 aliphatic carbocycles. The van der Waals surface area contributed by atoms with E-state index in [0.29, 0.717) is 80.4 Å². The van der Waals surface area contributed by atoms with Crippen molar-refractivity contribution >= 4 is 52.7 Å². The van der Waals surface area contributed by atoms with Crippen molar-refractivity contribution in [1.82, 2.24) is 30.7 Å². The number of aliphatic hydroxyl groups is 1. The molecule has 4 fully saturated rings. The van der Waals surface area contributed by atoms with Crippen LogP contribution in [0.15, 0.2) is 54.6 Å². The number of aromatic hydroxyl groups is 1. The van der Waals surface area contributed by atoms with Gasteiger partial charge in [0.25, 0.3) is 0 Å². The van der Waals surface area contributed by atoms with E-state index in [2.05, 4.69) is 25.8 Å². The van der Waals surface area contributed by atoms with Crippen molar-refractivity contribution in [2.75, 3.05) is 97.3 Å². The van der Waals surface area contributed by atoms with E-state index < -0.39 is 46.8 Å². The summed E-state index contributed by atoms with van der Waals surface area (Å²) >= 11 is 6.55. The number of hydrogen-bond acceptors (Lipinski definition) is 13. The van der Waals surface area contributed by atoms with Crippen LogP contribution in [0.25, 0.3) is 0 Å². The Bertz CT molecular complexity index is 2640. The third-order valence-corrected chi connectivity index (χ3v) is 17.4. The zero-order valence-corrected chi connectivity index (χ0v) is 44.4. The Balaban J connectivity index is 0.636. The molecule has 1 saturated carbocycles. The fourth-order valence-electron chi connectivity index (χ4n) is 12.9. The van der Waals surface area contributed by atoms with Crippen LogP contribution in [0.2, 0.25) is 5.02 Å². The van der Waals surface area contributed by atoms with Crippen LogP contribution in [-0.4, -0.2) is 177 Å². The van der Waals surface area contributed by atoms with Crippen LogP contribution in [0.4, 0.5) is 5.69 Å². The molecule has 0 radical (unpaired) electrons. The van der Waals surface area contributed by atoms with Gasteiger partial charge in [0.15, 0.2) is 11.5 Å². The van der Waals surface area contributed by atoms with Gasteiger partial charge in [0.2, 0.25) is 35.4 Å². The highest BCUT2D eigenvalue weighted by atomic mass is 35.5. The first-order chi connectivity index (χ1) is 36.5. The number of nitrogens with zero attached hydrogens (tertiary/aromatic N) is 4. The van der Waals surface area contributed by atoms with E-state index in [-0.39, 0.29) is 69.0 Å². The van der Waals surface area contributed by atoms with Crippen LogP contribution in [0, 0.1) is 18.8 Å². The normalized spacial score (nSPS) is 24.3. The third-order valence-electron chi connectivity index (χ3n) is 17.0. The number of halogens is 1. The molecular formula is C56H73ClN8O11. The predicted molar refractivity (Wildman–Crippen MR) is 283 cm³/mol. The van der Waals surface area contributed by atoms with Crippen molar-refractivity contribution in [2.45, 2.75) is 100 Å². The van der Waals surface area contributed by atoms with Crippen molar-refractivity contribution in [2.24, 2.45) is 17.6 Å². The van der Waals surface area contributed by atoms with Gasteiger partial charge in [-0.25, -0.2) is 0 Å². The van der Waals surface area contributed by atoms with Gasteiger partial charge in [-0.05, 0) is 157 Å². The van der Waals surface area contributed by atoms with Crippen molar-refractivity contribution in [3.8, 4) is 11.5 Å². The van der Waals surface area contributed by atoms with Crippen LogP contribution < -0.4 is 31.3 Å². The molecular weight excluding hydrogens is 996 g/mol. The molecule has 6 aliphatic rings. The number of primary amides is 1. The molecule has 410 valence electrons. The first kappa shape index (κ1) is 54.9. The number of aryl methyl sites for hydroxylation is 1. The molecule has 7 N–H and O–H groups in total. The van der Waals surface area contributed by atoms with E-state index in [9.17, 15) is 39.0 Å². The molecule has 4 heterocycles. The lowest BCUT2D eigenvalue weighted by molar-refractivity contribution is -0.187. The number of amides is 6. The fourth-order valence-corrected chi connectivity index (χ4v) is 13.1. The number of nitrogens with two attached hydrogens (primary N) is 1. The molecule has 3 aromatic rings. The van der Waals surface area contributed by atoms with Gasteiger partial charge in [-0.3, -0.25) is 28.8 Å². The lowest BCUT2D eigenvalue weighted by atomic mass is 9.48. The number of nitrogens with one attached hydrogen (secondary N) is 3. The quantitative estimate of drug-likeness (QED) is 0.0842. The monoisotopic (exact) mass is 1070 g/mol. The maximum absolute atomic E-state index is 14.2. The van der Waals surface area contributed by atoms with Gasteiger partial charge < -0.3 is 65.7 Å². The lowest BCUT2D eigenvalue weighted by Crippen LogP contribution is -2.77. The first-order valence-electron chi connectivity index (χ1n) is 26.9. The summed E-state index contributed by atoms with van der Waals surface area (Å²) in [5.74, 6) is -1.35. The summed E-state index contributed by atoms with van der Waals surface area (Å²) < 4.78 is 17.3. The highest BCUT2D eigenvalue weighted by molar-refractivity contribution is 6.31. The van der Waals surface area contributed by atoms with Gasteiger partial charge in [0.1, 0.15) is 32.5 Å². The Morgan fingerprint density at radius 3 is 2.21 bits per heavy atom. The summed E-state index contributed by atoms with van der Waals surface area (Å²) in [5, 5.41) is 32.0. The van der Waals surface area contributed by atoms with Crippen molar-refractivity contribution in [3.63, 3.8) is 0 Å². The fraction of sp³-hybridized carbons (Fsp3) is 0.571. The topological polar surface area (TPSA) is 246 Å². The van der Waals surface area contributed by atoms with Crippen LogP contribution in [0.1, 0.15) is 84.0 Å². The standard InChI is InChI=1S/C56H73ClN8O11/c1-35-4-10-41(30-42(35)57)65(22-3-21-63-23-13-37(14-24-63)28-36-5-7-38(8-6-36)53(58)71)54(72)39-15-25-64(26-16-39)49(70)34-75-32-47(68)60-20-19-59-46(67)31-74-33-48(69)61-43-12-17-56(73)45-29-40-9-11-44(66)51-50(40)55(56,52(43)76-51)18-27-62(45)2/h4-11,30,37,39,43,45,52,66,73H,3,12-29,31-34H2,1-2H3,(H2,58,71)(H,59,67)(H,60,68)(H,61,69)/t43-,45+,52-,55-,56+/m0/s1. The Hall–Kier alpha value is -5.83. The van der Waals surface area contributed by atoms with E-state index in [1.165, 1.54) is 5.56 Å². The van der Waals surface area contributed by atoms with Gasteiger partial charge in [-0.15, -0.1) is 0 Å². The highest BCUT2D eigenvalue weighted by Crippen LogP contribution is 2.65. The number of rotatable bonds is 21. The number of ether oxygens (including phenoxy) is 3. The van der Waals surface area contributed by atoms with Gasteiger partial charge in [0, 0.05) is 66.5 Å². The van der Waals surface area contributed by atoms with Gasteiger partial charge in [-0.1, -0.05) is 35.9 Å². The number of hydrogen-bond donors (Lipinski definition) is 6. The number of likely N-dealkylation sites (N-methyl/N-ethyl adjacent to an activating group) is 1. The van der Waals surface area contributed by atoms with E-state index >= 15 is 0 Å². The average molecular weight is 1070 g/mol. The minimum Gasteiger partial charge on any atom is -0.504 e. The average Bonchev–Trinajstić information content (AvgIpc) is 4.00. The molecule has 76 heavy (non-hydrogen) atoms. The number of likely N-dealkylation sites (tertiary alicyclic amines) is 3. The number of benzene rings is 3. The number of phenols is 1. The minimum atomic E-state index is -1.08. The second kappa shape index (κ2) is 23.8. The smallest absolute Gasteiger partial charge is 0.248 e. The number of carbonyl (C=O) groups excluding carboxylic acids is 6. The highest BCUT2D eigenvalue weighted by Gasteiger charge is 2.72. The Morgan fingerprint density at radius 2 is 1.53 bits per heavy atom. The van der Waals surface area contributed by atoms with Gasteiger partial charge >= 0.3 is 0 Å². The molecule has 9 rings (SSSR count). The molecule has 3 aromatic carbocycles. The van der Waals surface area contributed by atoms with Crippen LogP contribution in [0.3, 0.4) is 0 Å². The summed E-state index contributed by atoms with van der Waals surface area (Å²) in [6.07, 6.45) is 6.50. The van der Waals surface area contributed by atoms with E-state index in [1.807, 2.05) is 55.3 Å². The first-order valence-corrected chi connectivity index (χ1v) is 27.3. The lowest BCUT2D eigenvalue weighted by Gasteiger charge is -2.63. The molecule has 0 aromatic heterocycles. The SMILES string of the molecule is Cc1ccc(N(CCCN2CCC(Cc3ccc(C(N)=O)cc3)CC2)C(=O)C2CCN(C(=O)COCC(=O)NCCNC(=O)COCC(=O)N[C@H]3CC[C@@]4(O)[C@H]5Cc6ccc(O)c7c6[C@@]4(CCN5C)[C@H]3O7)CC2)cc1Cl. The van der Waals surface area contributed by atoms with Gasteiger partial charge in [0.05, 0.1) is 17.1 Å². The molecule has 3 saturated heterocycles. The predicted octanol–water partition coefficient (Wildman–Crippen LogP) is 2.60. The van der Waals surface area contributed by atoms with Crippen LogP contribution in [-0.2, 0) is 51.7 Å². The third kappa shape index (κ3) is 11.7. The van der Waals surface area contributed by atoms with Crippen molar-refractivity contribution in [1.29, 1.82) is 0 Å². The second-order valence-corrected chi connectivity index (χ2v) is 22.1. The molecule has 0 unspecified atom stereocenters. The van der Waals surface area contributed by atoms with Crippen molar-refractivity contribution in [3.05, 3.63) is 87.4 Å². The summed E-state index contributed by atoms with van der Waals surface area (Å²) in [6.45, 7) is 5.58. The zero-order chi connectivity index (χ0) is 53.7. The molecule has 4 aliphatic heterocycles. The Morgan fingerprint density at radius 1 is 0.842 bits per heavy atom. The minimum absolute atomic E-state index is 0.0135. The maximum Gasteiger partial charge on any atom is 0.248 e. The number of piperidine rings is 3. The molecule has 5 atom stereocenters. The maximum atomic E-state index is 14.2. The molecule has 1 spiro atoms. The van der Waals surface area contributed by atoms with Crippen molar-refractivity contribution < 1.29 is 53.2 Å². The molecule has 20 heteroatoms. The molecule has 6 amide bonds. The Kier molecular flexibility index (Phi) is 17.2. The summed E-state index contributed by atoms with van der Waals surface area (Å²) in [7, 11) is 2.02. The summed E-state index contributed by atoms with van der Waals surface area (Å²) in [6, 6.07) is 16.3. The van der Waals surface area contributed by atoms with E-state index in [0.717, 1.165) is 74.2 Å². The number of anilines is 1. The molecule has 2 bridgehead atoms. The second-order valence-electron chi connectivity index (χ2n) is 21.7. The van der Waals surface area contributed by atoms with E-state index in [1.54, 1.807) is 23.1 Å². The van der Waals surface area contributed by atoms with E-state index in [4.69, 9.17) is 31.5 Å². The largest absolute Gasteiger partial charge is 0.504 e. The number of phenolic OH excluding ortho intramolecular Hbond substituents is 1. The molecule has 19 nitrogen and oxygen atoms in total. The van der Waals surface area contributed by atoms with Gasteiger partial charge in [-0.2, -0.15) is 0 Å². The number of carbonyl (C=O) groups is 6.